The third-order valence-electron chi connectivity index (χ3n) is 5.60. The molecule has 2 nitrogen and oxygen atoms in total. The van der Waals surface area contributed by atoms with Gasteiger partial charge in [0.1, 0.15) is 0 Å². The van der Waals surface area contributed by atoms with Crippen LogP contribution in [0.3, 0.4) is 0 Å². The molecule has 2 heterocycles. The maximum Gasteiger partial charge on any atom is 0.0701 e. The molecule has 1 spiro atoms. The third kappa shape index (κ3) is 4.62. The number of ether oxygens (including phenoxy) is 1. The van der Waals surface area contributed by atoms with Gasteiger partial charge >= 0.3 is 0 Å². The van der Waals surface area contributed by atoms with E-state index in [-0.39, 0.29) is 5.60 Å². The largest absolute Gasteiger partial charge is 0.375 e. The topological polar surface area (TPSA) is 21.3 Å². The Morgan fingerprint density at radius 2 is 1.86 bits per heavy atom. The van der Waals surface area contributed by atoms with Crippen molar-refractivity contribution in [2.75, 3.05) is 25.2 Å². The Morgan fingerprint density at radius 3 is 2.43 bits per heavy atom. The smallest absolute Gasteiger partial charge is 0.0701 e. The van der Waals surface area contributed by atoms with Gasteiger partial charge in [0.05, 0.1) is 5.60 Å². The van der Waals surface area contributed by atoms with Gasteiger partial charge in [0.25, 0.3) is 0 Å². The standard InChI is InChI=1S/C18H35NOS/c1-4-6-15(7-5-2)17(19-3)16-8-11-20-18(14-16)9-12-21-13-10-18/h15-17,19H,4-14H2,1-3H3. The van der Waals surface area contributed by atoms with Crippen molar-refractivity contribution in [3.63, 3.8) is 0 Å². The van der Waals surface area contributed by atoms with Crippen molar-refractivity contribution < 1.29 is 4.74 Å². The number of rotatable bonds is 7. The van der Waals surface area contributed by atoms with Crippen LogP contribution in [0.4, 0.5) is 0 Å². The maximum absolute atomic E-state index is 6.29. The van der Waals surface area contributed by atoms with E-state index in [1.165, 1.54) is 62.9 Å². The molecular formula is C18H35NOS. The summed E-state index contributed by atoms with van der Waals surface area (Å²) in [6, 6.07) is 0.695. The number of nitrogens with one attached hydrogen (secondary N) is 1. The molecule has 0 saturated carbocycles. The van der Waals surface area contributed by atoms with Gasteiger partial charge in [-0.1, -0.05) is 26.7 Å². The molecule has 1 N–H and O–H groups in total. The number of thioether (sulfide) groups is 1. The van der Waals surface area contributed by atoms with Crippen molar-refractivity contribution in [1.82, 2.24) is 5.32 Å². The first kappa shape index (κ1) is 17.6. The first-order valence-corrected chi connectivity index (χ1v) is 10.3. The van der Waals surface area contributed by atoms with Crippen LogP contribution >= 0.6 is 11.8 Å². The maximum atomic E-state index is 6.29. The monoisotopic (exact) mass is 313 g/mol. The van der Waals surface area contributed by atoms with Crippen molar-refractivity contribution in [2.45, 2.75) is 76.9 Å². The minimum Gasteiger partial charge on any atom is -0.375 e. The lowest BCUT2D eigenvalue weighted by molar-refractivity contribution is -0.110. The van der Waals surface area contributed by atoms with E-state index in [0.717, 1.165) is 18.4 Å². The van der Waals surface area contributed by atoms with Crippen LogP contribution in [0.1, 0.15) is 65.2 Å². The number of hydrogen-bond donors (Lipinski definition) is 1. The summed E-state index contributed by atoms with van der Waals surface area (Å²) in [5.74, 6) is 4.26. The van der Waals surface area contributed by atoms with Crippen LogP contribution in [0.2, 0.25) is 0 Å². The minimum absolute atomic E-state index is 0.228. The van der Waals surface area contributed by atoms with Crippen molar-refractivity contribution in [1.29, 1.82) is 0 Å². The number of hydrogen-bond acceptors (Lipinski definition) is 3. The van der Waals surface area contributed by atoms with Crippen molar-refractivity contribution >= 4 is 11.8 Å². The molecule has 21 heavy (non-hydrogen) atoms. The molecule has 0 amide bonds. The highest BCUT2D eigenvalue weighted by Crippen LogP contribution is 2.42. The van der Waals surface area contributed by atoms with Crippen LogP contribution in [-0.2, 0) is 4.74 Å². The van der Waals surface area contributed by atoms with Crippen LogP contribution in [0.25, 0.3) is 0 Å². The summed E-state index contributed by atoms with van der Waals surface area (Å²) in [4.78, 5) is 0. The van der Waals surface area contributed by atoms with Crippen molar-refractivity contribution in [3.05, 3.63) is 0 Å². The zero-order valence-electron chi connectivity index (χ0n) is 14.3. The highest BCUT2D eigenvalue weighted by molar-refractivity contribution is 7.99. The Balaban J connectivity index is 2.02. The average molecular weight is 314 g/mol. The zero-order valence-corrected chi connectivity index (χ0v) is 15.1. The summed E-state index contributed by atoms with van der Waals surface area (Å²) in [6.45, 7) is 5.65. The molecule has 0 bridgehead atoms. The molecule has 124 valence electrons. The van der Waals surface area contributed by atoms with Gasteiger partial charge in [-0.3, -0.25) is 0 Å². The zero-order chi connectivity index (χ0) is 15.1. The van der Waals surface area contributed by atoms with E-state index < -0.39 is 0 Å². The predicted octanol–water partition coefficient (Wildman–Crippen LogP) is 4.48. The fourth-order valence-corrected chi connectivity index (χ4v) is 5.80. The molecule has 2 aliphatic heterocycles. The van der Waals surface area contributed by atoms with Gasteiger partial charge in [-0.05, 0) is 68.9 Å². The lowest BCUT2D eigenvalue weighted by atomic mass is 9.73. The molecule has 2 unspecified atom stereocenters. The summed E-state index contributed by atoms with van der Waals surface area (Å²) in [7, 11) is 2.18. The second kappa shape index (κ2) is 8.79. The molecule has 2 rings (SSSR count). The minimum atomic E-state index is 0.228. The quantitative estimate of drug-likeness (QED) is 0.748. The van der Waals surface area contributed by atoms with Gasteiger partial charge in [-0.15, -0.1) is 0 Å². The van der Waals surface area contributed by atoms with E-state index in [1.54, 1.807) is 0 Å². The first-order chi connectivity index (χ1) is 10.2. The Kier molecular flexibility index (Phi) is 7.37. The molecule has 0 aromatic carbocycles. The first-order valence-electron chi connectivity index (χ1n) is 9.13. The lowest BCUT2D eigenvalue weighted by Gasteiger charge is -2.46. The van der Waals surface area contributed by atoms with E-state index in [0.29, 0.717) is 6.04 Å². The van der Waals surface area contributed by atoms with E-state index >= 15 is 0 Å². The third-order valence-corrected chi connectivity index (χ3v) is 6.59. The van der Waals surface area contributed by atoms with E-state index in [2.05, 4.69) is 38.0 Å². The Hall–Kier alpha value is 0.270. The average Bonchev–Trinajstić information content (AvgIpc) is 2.49. The normalized spacial score (nSPS) is 27.1. The molecule has 0 aliphatic carbocycles. The van der Waals surface area contributed by atoms with Crippen LogP contribution in [0.15, 0.2) is 0 Å². The van der Waals surface area contributed by atoms with Gasteiger partial charge in [-0.25, -0.2) is 0 Å². The molecule has 2 saturated heterocycles. The van der Waals surface area contributed by atoms with Gasteiger partial charge in [0, 0.05) is 12.6 Å². The Bertz CT molecular complexity index is 279. The fourth-order valence-electron chi connectivity index (χ4n) is 4.57. The second-order valence-corrected chi connectivity index (χ2v) is 8.27. The molecule has 0 aromatic rings. The molecule has 2 atom stereocenters. The predicted molar refractivity (Wildman–Crippen MR) is 94.1 cm³/mol. The molecule has 2 aliphatic rings. The summed E-state index contributed by atoms with van der Waals surface area (Å²) in [5.41, 5.74) is 0.228. The molecule has 0 radical (unpaired) electrons. The van der Waals surface area contributed by atoms with Gasteiger partial charge in [-0.2, -0.15) is 11.8 Å². The van der Waals surface area contributed by atoms with Gasteiger partial charge in [0.15, 0.2) is 0 Å². The molecule has 2 fully saturated rings. The summed E-state index contributed by atoms with van der Waals surface area (Å²) < 4.78 is 6.29. The van der Waals surface area contributed by atoms with Crippen LogP contribution in [-0.4, -0.2) is 36.8 Å². The molecule has 3 heteroatoms. The summed E-state index contributed by atoms with van der Waals surface area (Å²) in [5, 5.41) is 3.70. The lowest BCUT2D eigenvalue weighted by Crippen LogP contribution is -2.50. The highest BCUT2D eigenvalue weighted by Gasteiger charge is 2.41. The second-order valence-electron chi connectivity index (χ2n) is 7.05. The van der Waals surface area contributed by atoms with Gasteiger partial charge in [0.2, 0.25) is 0 Å². The van der Waals surface area contributed by atoms with E-state index in [1.807, 2.05) is 0 Å². The van der Waals surface area contributed by atoms with Crippen LogP contribution in [0, 0.1) is 11.8 Å². The van der Waals surface area contributed by atoms with Crippen molar-refractivity contribution in [3.8, 4) is 0 Å². The summed E-state index contributed by atoms with van der Waals surface area (Å²) >= 11 is 2.10. The SMILES string of the molecule is CCCC(CCC)C(NC)C1CCOC2(CCSCC2)C1. The van der Waals surface area contributed by atoms with Crippen LogP contribution < -0.4 is 5.32 Å². The Labute approximate surface area is 136 Å². The van der Waals surface area contributed by atoms with Gasteiger partial charge < -0.3 is 10.1 Å². The molecule has 0 aromatic heterocycles. The fraction of sp³-hybridized carbons (Fsp3) is 1.00. The van der Waals surface area contributed by atoms with E-state index in [4.69, 9.17) is 4.74 Å². The highest BCUT2D eigenvalue weighted by atomic mass is 32.2. The van der Waals surface area contributed by atoms with Crippen LogP contribution in [0.5, 0.6) is 0 Å². The summed E-state index contributed by atoms with van der Waals surface area (Å²) in [6.07, 6.45) is 10.5. The van der Waals surface area contributed by atoms with E-state index in [9.17, 15) is 0 Å². The molecular weight excluding hydrogens is 278 g/mol. The Morgan fingerprint density at radius 1 is 1.19 bits per heavy atom. The van der Waals surface area contributed by atoms with Crippen molar-refractivity contribution in [2.24, 2.45) is 11.8 Å².